The number of carbonyl (C=O) groups is 1. The zero-order chi connectivity index (χ0) is 13.1. The molecule has 0 bridgehead atoms. The Morgan fingerprint density at radius 3 is 2.83 bits per heavy atom. The van der Waals surface area contributed by atoms with Crippen LogP contribution in [0.4, 0.5) is 5.69 Å². The summed E-state index contributed by atoms with van der Waals surface area (Å²) >= 11 is 0. The lowest BCUT2D eigenvalue weighted by Gasteiger charge is -2.07. The van der Waals surface area contributed by atoms with Gasteiger partial charge in [0.25, 0.3) is 0 Å². The van der Waals surface area contributed by atoms with Crippen molar-refractivity contribution < 1.29 is 9.53 Å². The Morgan fingerprint density at radius 2 is 2.28 bits per heavy atom. The number of hydrogen-bond donors (Lipinski definition) is 1. The highest BCUT2D eigenvalue weighted by Crippen LogP contribution is 2.20. The number of carbonyl (C=O) groups excluding carboxylic acids is 1. The van der Waals surface area contributed by atoms with E-state index in [0.29, 0.717) is 17.0 Å². The first-order valence-corrected chi connectivity index (χ1v) is 5.54. The van der Waals surface area contributed by atoms with Gasteiger partial charge in [-0.25, -0.2) is 4.98 Å². The molecule has 5 nitrogen and oxygen atoms in total. The van der Waals surface area contributed by atoms with Gasteiger partial charge in [-0.1, -0.05) is 0 Å². The number of nitrogens with zero attached hydrogens (tertiary/aromatic N) is 2. The predicted octanol–water partition coefficient (Wildman–Crippen LogP) is 1.44. The second-order valence-electron chi connectivity index (χ2n) is 4.01. The van der Waals surface area contributed by atoms with Crippen LogP contribution in [0.5, 0.6) is 5.75 Å². The van der Waals surface area contributed by atoms with Gasteiger partial charge < -0.3 is 15.0 Å². The fourth-order valence-electron chi connectivity index (χ4n) is 1.73. The standard InChI is InChI=1S/C13H15N3O2/c1-16-6-5-15-13(16)8-12(17)10-4-3-9(18-2)7-11(10)14/h3-7H,8,14H2,1-2H3. The minimum atomic E-state index is -0.0514. The summed E-state index contributed by atoms with van der Waals surface area (Å²) in [6.45, 7) is 0. The minimum Gasteiger partial charge on any atom is -0.497 e. The van der Waals surface area contributed by atoms with Crippen molar-refractivity contribution in [3.05, 3.63) is 42.0 Å². The molecule has 1 heterocycles. The molecule has 0 amide bonds. The van der Waals surface area contributed by atoms with Crippen molar-refractivity contribution in [1.29, 1.82) is 0 Å². The first-order valence-electron chi connectivity index (χ1n) is 5.54. The number of nitrogens with two attached hydrogens (primary N) is 1. The summed E-state index contributed by atoms with van der Waals surface area (Å²) in [5.41, 5.74) is 6.76. The quantitative estimate of drug-likeness (QED) is 0.653. The van der Waals surface area contributed by atoms with Gasteiger partial charge in [0.1, 0.15) is 11.6 Å². The summed E-state index contributed by atoms with van der Waals surface area (Å²) in [5, 5.41) is 0. The van der Waals surface area contributed by atoms with Crippen LogP contribution in [0.25, 0.3) is 0 Å². The summed E-state index contributed by atoms with van der Waals surface area (Å²) in [7, 11) is 3.41. The van der Waals surface area contributed by atoms with Crippen molar-refractivity contribution in [2.45, 2.75) is 6.42 Å². The maximum Gasteiger partial charge on any atom is 0.172 e. The third kappa shape index (κ3) is 2.34. The largest absolute Gasteiger partial charge is 0.497 e. The average Bonchev–Trinajstić information content (AvgIpc) is 2.74. The summed E-state index contributed by atoms with van der Waals surface area (Å²) in [4.78, 5) is 16.2. The van der Waals surface area contributed by atoms with Gasteiger partial charge in [-0.15, -0.1) is 0 Å². The number of rotatable bonds is 4. The monoisotopic (exact) mass is 245 g/mol. The Hall–Kier alpha value is -2.30. The second-order valence-corrected chi connectivity index (χ2v) is 4.01. The number of anilines is 1. The molecule has 0 aliphatic carbocycles. The van der Waals surface area contributed by atoms with Crippen LogP contribution in [0, 0.1) is 0 Å². The zero-order valence-corrected chi connectivity index (χ0v) is 10.4. The Bertz CT molecular complexity index is 575. The number of benzene rings is 1. The van der Waals surface area contributed by atoms with Gasteiger partial charge in [0, 0.05) is 36.8 Å². The van der Waals surface area contributed by atoms with E-state index in [0.717, 1.165) is 5.82 Å². The number of aromatic nitrogens is 2. The molecule has 94 valence electrons. The molecule has 2 N–H and O–H groups in total. The lowest BCUT2D eigenvalue weighted by molar-refractivity contribution is 0.0991. The van der Waals surface area contributed by atoms with Crippen LogP contribution < -0.4 is 10.5 Å². The van der Waals surface area contributed by atoms with Gasteiger partial charge in [0.2, 0.25) is 0 Å². The van der Waals surface area contributed by atoms with Crippen molar-refractivity contribution in [2.75, 3.05) is 12.8 Å². The molecule has 5 heteroatoms. The van der Waals surface area contributed by atoms with E-state index in [9.17, 15) is 4.79 Å². The highest BCUT2D eigenvalue weighted by atomic mass is 16.5. The Morgan fingerprint density at radius 1 is 1.50 bits per heavy atom. The summed E-state index contributed by atoms with van der Waals surface area (Å²) in [6.07, 6.45) is 3.71. The van der Waals surface area contributed by atoms with Crippen molar-refractivity contribution >= 4 is 11.5 Å². The smallest absolute Gasteiger partial charge is 0.172 e. The molecule has 0 aliphatic heterocycles. The molecule has 0 radical (unpaired) electrons. The van der Waals surface area contributed by atoms with Crippen molar-refractivity contribution in [3.63, 3.8) is 0 Å². The van der Waals surface area contributed by atoms with Crippen LogP contribution >= 0.6 is 0 Å². The molecule has 1 aromatic carbocycles. The molecule has 0 saturated carbocycles. The van der Waals surface area contributed by atoms with Crippen LogP contribution in [0.2, 0.25) is 0 Å². The first-order chi connectivity index (χ1) is 8.61. The molecule has 0 atom stereocenters. The zero-order valence-electron chi connectivity index (χ0n) is 10.4. The highest BCUT2D eigenvalue weighted by molar-refractivity contribution is 6.01. The number of aryl methyl sites for hydroxylation is 1. The lowest BCUT2D eigenvalue weighted by atomic mass is 10.1. The maximum atomic E-state index is 12.1. The molecule has 0 fully saturated rings. The summed E-state index contributed by atoms with van der Waals surface area (Å²) < 4.78 is 6.86. The number of ketones is 1. The molecule has 0 saturated heterocycles. The molecule has 0 aliphatic rings. The van der Waals surface area contributed by atoms with Crippen molar-refractivity contribution in [2.24, 2.45) is 7.05 Å². The average molecular weight is 245 g/mol. The van der Waals surface area contributed by atoms with Crippen LogP contribution in [-0.4, -0.2) is 22.4 Å². The third-order valence-electron chi connectivity index (χ3n) is 2.80. The van der Waals surface area contributed by atoms with Gasteiger partial charge in [0.05, 0.1) is 13.5 Å². The van der Waals surface area contributed by atoms with Crippen molar-refractivity contribution in [3.8, 4) is 5.75 Å². The highest BCUT2D eigenvalue weighted by Gasteiger charge is 2.13. The van der Waals surface area contributed by atoms with Gasteiger partial charge in [-0.3, -0.25) is 4.79 Å². The van der Waals surface area contributed by atoms with Gasteiger partial charge >= 0.3 is 0 Å². The normalized spacial score (nSPS) is 10.3. The number of ether oxygens (including phenoxy) is 1. The molecule has 18 heavy (non-hydrogen) atoms. The predicted molar refractivity (Wildman–Crippen MR) is 68.6 cm³/mol. The number of imidazole rings is 1. The van der Waals surface area contributed by atoms with Crippen LogP contribution in [-0.2, 0) is 13.5 Å². The van der Waals surface area contributed by atoms with Gasteiger partial charge in [-0.2, -0.15) is 0 Å². The fraction of sp³-hybridized carbons (Fsp3) is 0.231. The topological polar surface area (TPSA) is 70.1 Å². The van der Waals surface area contributed by atoms with E-state index in [2.05, 4.69) is 4.98 Å². The molecular weight excluding hydrogens is 230 g/mol. The Balaban J connectivity index is 2.22. The summed E-state index contributed by atoms with van der Waals surface area (Å²) in [5.74, 6) is 1.31. The molecule has 2 aromatic rings. The van der Waals surface area contributed by atoms with E-state index in [1.54, 1.807) is 37.7 Å². The lowest BCUT2D eigenvalue weighted by Crippen LogP contribution is -2.10. The van der Waals surface area contributed by atoms with Crippen LogP contribution in [0.1, 0.15) is 16.2 Å². The van der Waals surface area contributed by atoms with Crippen molar-refractivity contribution in [1.82, 2.24) is 9.55 Å². The number of nitrogen functional groups attached to an aromatic ring is 1. The molecular formula is C13H15N3O2. The van der Waals surface area contributed by atoms with E-state index in [1.165, 1.54) is 0 Å². The third-order valence-corrected chi connectivity index (χ3v) is 2.80. The van der Waals surface area contributed by atoms with E-state index in [4.69, 9.17) is 10.5 Å². The molecule has 2 rings (SSSR count). The molecule has 1 aromatic heterocycles. The van der Waals surface area contributed by atoms with E-state index in [-0.39, 0.29) is 12.2 Å². The van der Waals surface area contributed by atoms with Crippen LogP contribution in [0.15, 0.2) is 30.6 Å². The molecule has 0 unspecified atom stereocenters. The second kappa shape index (κ2) is 4.91. The van der Waals surface area contributed by atoms with E-state index < -0.39 is 0 Å². The SMILES string of the molecule is COc1ccc(C(=O)Cc2nccn2C)c(N)c1. The number of hydrogen-bond acceptors (Lipinski definition) is 4. The van der Waals surface area contributed by atoms with Gasteiger partial charge in [-0.05, 0) is 12.1 Å². The Labute approximate surface area is 105 Å². The maximum absolute atomic E-state index is 12.1. The summed E-state index contributed by atoms with van der Waals surface area (Å²) in [6, 6.07) is 5.05. The number of Topliss-reactive ketones (excluding diaryl/α,β-unsaturated/α-hetero) is 1. The van der Waals surface area contributed by atoms with Crippen LogP contribution in [0.3, 0.4) is 0 Å². The molecule has 0 spiro atoms. The minimum absolute atomic E-state index is 0.0514. The Kier molecular flexibility index (Phi) is 3.32. The number of methoxy groups -OCH3 is 1. The van der Waals surface area contributed by atoms with E-state index >= 15 is 0 Å². The van der Waals surface area contributed by atoms with Gasteiger partial charge in [0.15, 0.2) is 5.78 Å². The van der Waals surface area contributed by atoms with E-state index in [1.807, 2.05) is 11.6 Å². The first kappa shape index (κ1) is 12.2. The fourth-order valence-corrected chi connectivity index (χ4v) is 1.73.